The summed E-state index contributed by atoms with van der Waals surface area (Å²) in [6, 6.07) is 0. The Morgan fingerprint density at radius 2 is 0.984 bits per heavy atom. The quantitative estimate of drug-likeness (QED) is 0.0201. The average molecular weight is 893 g/mol. The van der Waals surface area contributed by atoms with Crippen LogP contribution in [-0.4, -0.2) is 96.0 Å². The monoisotopic (exact) mass is 893 g/mol. The Morgan fingerprint density at radius 1 is 0.548 bits per heavy atom. The topological polar surface area (TPSA) is 186 Å². The van der Waals surface area contributed by atoms with Gasteiger partial charge in [0.2, 0.25) is 0 Å². The van der Waals surface area contributed by atoms with E-state index in [4.69, 9.17) is 18.9 Å². The zero-order valence-corrected chi connectivity index (χ0v) is 38.5. The van der Waals surface area contributed by atoms with Gasteiger partial charge in [0, 0.05) is 12.8 Å². The second-order valence-electron chi connectivity index (χ2n) is 15.7. The molecule has 0 aliphatic carbocycles. The molecule has 0 bridgehead atoms. The molecule has 6 atom stereocenters. The fourth-order valence-corrected chi connectivity index (χ4v) is 7.01. The Labute approximate surface area is 373 Å². The lowest BCUT2D eigenvalue weighted by Crippen LogP contribution is -2.60. The molecule has 1 heterocycles. The molecule has 12 nitrogen and oxygen atoms in total. The Morgan fingerprint density at radius 3 is 1.47 bits per heavy atom. The lowest BCUT2D eigenvalue weighted by molar-refractivity contribution is -0.297. The number of esters is 2. The van der Waals surface area contributed by atoms with Crippen LogP contribution in [-0.2, 0) is 38.7 Å². The lowest BCUT2D eigenvalue weighted by Gasteiger charge is -2.40. The highest BCUT2D eigenvalue weighted by Gasteiger charge is 2.46. The van der Waals surface area contributed by atoms with Crippen LogP contribution in [0.1, 0.15) is 155 Å². The number of carbonyl (C=O) groups is 2. The number of rotatable bonds is 37. The summed E-state index contributed by atoms with van der Waals surface area (Å²) in [7, 11) is -4.62. The summed E-state index contributed by atoms with van der Waals surface area (Å²) in [5.74, 6) is -2.10. The predicted octanol–water partition coefficient (Wildman–Crippen LogP) is 9.67. The molecule has 2 unspecified atom stereocenters. The van der Waals surface area contributed by atoms with Crippen molar-refractivity contribution in [1.29, 1.82) is 0 Å². The molecule has 0 aromatic heterocycles. The molecule has 0 radical (unpaired) electrons. The van der Waals surface area contributed by atoms with Gasteiger partial charge in [0.15, 0.2) is 12.4 Å². The highest BCUT2D eigenvalue weighted by atomic mass is 32.2. The van der Waals surface area contributed by atoms with Gasteiger partial charge < -0.3 is 34.3 Å². The molecule has 1 fully saturated rings. The normalized spacial score (nSPS) is 20.6. The van der Waals surface area contributed by atoms with Gasteiger partial charge in [-0.3, -0.25) is 14.1 Å². The fourth-order valence-electron chi connectivity index (χ4n) is 6.32. The molecule has 4 N–H and O–H groups in total. The van der Waals surface area contributed by atoms with Gasteiger partial charge in [-0.25, -0.2) is 0 Å². The summed E-state index contributed by atoms with van der Waals surface area (Å²) in [5, 5.41) is 30.9. The van der Waals surface area contributed by atoms with E-state index in [1.165, 1.54) is 38.5 Å². The molecule has 0 aromatic carbocycles. The predicted molar refractivity (Wildman–Crippen MR) is 247 cm³/mol. The zero-order valence-electron chi connectivity index (χ0n) is 37.7. The van der Waals surface area contributed by atoms with Crippen LogP contribution in [0.2, 0.25) is 0 Å². The second-order valence-corrected chi connectivity index (χ2v) is 17.2. The number of ether oxygens (including phenoxy) is 4. The summed E-state index contributed by atoms with van der Waals surface area (Å²) in [6.45, 7) is 3.62. The number of hydrogen-bond donors (Lipinski definition) is 4. The van der Waals surface area contributed by atoms with Crippen LogP contribution in [0, 0.1) is 0 Å². The van der Waals surface area contributed by atoms with Crippen LogP contribution >= 0.6 is 0 Å². The fraction of sp³-hybridized carbons (Fsp3) is 0.673. The maximum atomic E-state index is 12.8. The Hall–Kier alpha value is -3.17. The van der Waals surface area contributed by atoms with E-state index >= 15 is 0 Å². The second kappa shape index (κ2) is 38.3. The third kappa shape index (κ3) is 32.5. The minimum Gasteiger partial charge on any atom is -0.462 e. The van der Waals surface area contributed by atoms with Crippen molar-refractivity contribution < 1.29 is 56.8 Å². The smallest absolute Gasteiger partial charge is 0.306 e. The number of aliphatic hydroxyl groups is 3. The molecule has 1 aliphatic heterocycles. The number of allylic oxidation sites excluding steroid dienone is 14. The zero-order chi connectivity index (χ0) is 45.5. The molecule has 1 saturated heterocycles. The van der Waals surface area contributed by atoms with Gasteiger partial charge in [-0.2, -0.15) is 8.42 Å². The Balaban J connectivity index is 2.51. The van der Waals surface area contributed by atoms with E-state index in [9.17, 15) is 37.9 Å². The molecule has 0 aromatic rings. The third-order valence-corrected chi connectivity index (χ3v) is 10.7. The maximum Gasteiger partial charge on any atom is 0.306 e. The first-order chi connectivity index (χ1) is 30.0. The van der Waals surface area contributed by atoms with E-state index < -0.39 is 71.2 Å². The van der Waals surface area contributed by atoms with E-state index in [1.807, 2.05) is 12.2 Å². The molecular formula is C49H80O12S. The van der Waals surface area contributed by atoms with Crippen molar-refractivity contribution in [2.45, 2.75) is 192 Å². The van der Waals surface area contributed by atoms with E-state index in [0.29, 0.717) is 19.3 Å². The lowest BCUT2D eigenvalue weighted by atomic mass is 10.00. The minimum atomic E-state index is -4.62. The molecule has 0 amide bonds. The maximum absolute atomic E-state index is 12.8. The number of unbranched alkanes of at least 4 members (excludes halogenated alkanes) is 11. The van der Waals surface area contributed by atoms with Crippen molar-refractivity contribution in [2.24, 2.45) is 0 Å². The van der Waals surface area contributed by atoms with Gasteiger partial charge in [-0.05, 0) is 89.9 Å². The van der Waals surface area contributed by atoms with E-state index in [2.05, 4.69) is 86.8 Å². The Bertz CT molecular complexity index is 1460. The van der Waals surface area contributed by atoms with Crippen molar-refractivity contribution in [3.63, 3.8) is 0 Å². The molecular weight excluding hydrogens is 813 g/mol. The molecule has 0 saturated carbocycles. The SMILES string of the molecule is CCCCC/C=C/C/C=C/C/C=C/C/C=C/CCCC(=O)OC[C@H](CO[C@H]1O[C@H](CS(=O)(=O)O)[C@@H](O)C(O)C1O)OC(=O)CCCCCC/C=C/C/C=C/C/C=C/CCCCC. The standard InChI is InChI=1S/C49H80O12S/c1-3-5-7-9-11-13-15-17-19-21-23-25-27-29-31-33-35-37-44(50)58-39-42(40-59-49-48(54)47(53)46(52)43(61-49)41-62(55,56)57)60-45(51)38-36-34-32-30-28-26-24-22-20-18-16-14-12-10-8-6-4-2/h11-14,17-20,23-26,29,31,42-43,46-49,52-54H,3-10,15-16,21-22,27-28,30,32-41H2,1-2H3,(H,55,56,57)/b13-11+,14-12+,19-17+,20-18+,25-23+,26-24+,31-29+/t42-,43-,46-,47?,48?,49+/m1/s1. The van der Waals surface area contributed by atoms with Gasteiger partial charge in [-0.15, -0.1) is 0 Å². The van der Waals surface area contributed by atoms with Crippen LogP contribution in [0.3, 0.4) is 0 Å². The highest BCUT2D eigenvalue weighted by Crippen LogP contribution is 2.24. The van der Waals surface area contributed by atoms with Crippen molar-refractivity contribution in [3.8, 4) is 0 Å². The largest absolute Gasteiger partial charge is 0.462 e. The van der Waals surface area contributed by atoms with E-state index in [-0.39, 0.29) is 19.4 Å². The van der Waals surface area contributed by atoms with Gasteiger partial charge in [0.25, 0.3) is 10.1 Å². The van der Waals surface area contributed by atoms with Gasteiger partial charge in [-0.1, -0.05) is 137 Å². The first-order valence-electron chi connectivity index (χ1n) is 23.1. The summed E-state index contributed by atoms with van der Waals surface area (Å²) in [6.07, 6.45) is 40.5. The number of aliphatic hydroxyl groups excluding tert-OH is 3. The van der Waals surface area contributed by atoms with E-state index in [1.54, 1.807) is 0 Å². The molecule has 1 rings (SSSR count). The first kappa shape index (κ1) is 56.8. The van der Waals surface area contributed by atoms with Gasteiger partial charge in [0.05, 0.1) is 6.61 Å². The van der Waals surface area contributed by atoms with Crippen LogP contribution in [0.4, 0.5) is 0 Å². The average Bonchev–Trinajstić information content (AvgIpc) is 3.24. The first-order valence-corrected chi connectivity index (χ1v) is 24.8. The van der Waals surface area contributed by atoms with Crippen LogP contribution in [0.5, 0.6) is 0 Å². The van der Waals surface area contributed by atoms with Crippen molar-refractivity contribution in [1.82, 2.24) is 0 Å². The van der Waals surface area contributed by atoms with E-state index in [0.717, 1.165) is 70.6 Å². The van der Waals surface area contributed by atoms with Crippen LogP contribution in [0.15, 0.2) is 85.1 Å². The summed E-state index contributed by atoms with van der Waals surface area (Å²) in [5.41, 5.74) is 0. The molecule has 1 aliphatic rings. The number of hydrogen-bond acceptors (Lipinski definition) is 11. The minimum absolute atomic E-state index is 0.122. The molecule has 13 heteroatoms. The summed E-state index contributed by atoms with van der Waals surface area (Å²) >= 11 is 0. The Kier molecular flexibility index (Phi) is 35.1. The highest BCUT2D eigenvalue weighted by molar-refractivity contribution is 7.85. The van der Waals surface area contributed by atoms with Crippen molar-refractivity contribution in [3.05, 3.63) is 85.1 Å². The van der Waals surface area contributed by atoms with Crippen LogP contribution in [0.25, 0.3) is 0 Å². The van der Waals surface area contributed by atoms with Gasteiger partial charge in [0.1, 0.15) is 36.8 Å². The molecule has 354 valence electrons. The summed E-state index contributed by atoms with van der Waals surface area (Å²) < 4.78 is 54.0. The molecule has 0 spiro atoms. The summed E-state index contributed by atoms with van der Waals surface area (Å²) in [4.78, 5) is 25.4. The van der Waals surface area contributed by atoms with Gasteiger partial charge >= 0.3 is 11.9 Å². The molecule has 62 heavy (non-hydrogen) atoms. The third-order valence-electron chi connectivity index (χ3n) is 9.95. The van der Waals surface area contributed by atoms with Crippen molar-refractivity contribution in [2.75, 3.05) is 19.0 Å². The van der Waals surface area contributed by atoms with Crippen molar-refractivity contribution >= 4 is 22.1 Å². The number of carbonyl (C=O) groups excluding carboxylic acids is 2. The van der Waals surface area contributed by atoms with Crippen LogP contribution < -0.4 is 0 Å².